The second kappa shape index (κ2) is 7.17. The highest BCUT2D eigenvalue weighted by Gasteiger charge is 2.23. The molecule has 0 radical (unpaired) electrons. The zero-order chi connectivity index (χ0) is 16.2. The number of thioether (sulfide) groups is 1. The molecule has 6 heteroatoms. The van der Waals surface area contributed by atoms with Crippen LogP contribution in [0.2, 0.25) is 0 Å². The van der Waals surface area contributed by atoms with E-state index in [4.69, 9.17) is 0 Å². The van der Waals surface area contributed by atoms with Gasteiger partial charge in [0, 0.05) is 11.7 Å². The topological polar surface area (TPSA) is 59.8 Å². The lowest BCUT2D eigenvalue weighted by atomic mass is 10.2. The van der Waals surface area contributed by atoms with E-state index in [2.05, 4.69) is 15.5 Å². The molecule has 1 saturated carbocycles. The van der Waals surface area contributed by atoms with Crippen LogP contribution in [-0.4, -0.2) is 32.0 Å². The predicted octanol–water partition coefficient (Wildman–Crippen LogP) is 3.12. The van der Waals surface area contributed by atoms with E-state index >= 15 is 0 Å². The Kier molecular flexibility index (Phi) is 5.00. The molecule has 0 aliphatic heterocycles. The van der Waals surface area contributed by atoms with E-state index in [0.717, 1.165) is 29.5 Å². The number of carbonyl (C=O) groups is 1. The standard InChI is InChI=1S/C17H22N4OS/c1-12(16(22)18-14-8-6-7-9-14)23-17-20-19-13(2)21(17)15-10-4-3-5-11-15/h3-5,10-12,14H,6-9H2,1-2H3,(H,18,22). The molecule has 1 N–H and O–H groups in total. The van der Waals surface area contributed by atoms with Crippen molar-refractivity contribution in [2.24, 2.45) is 0 Å². The lowest BCUT2D eigenvalue weighted by Crippen LogP contribution is -2.37. The Labute approximate surface area is 140 Å². The zero-order valence-corrected chi connectivity index (χ0v) is 14.3. The number of nitrogens with one attached hydrogen (secondary N) is 1. The van der Waals surface area contributed by atoms with Gasteiger partial charge in [0.2, 0.25) is 5.91 Å². The predicted molar refractivity (Wildman–Crippen MR) is 91.8 cm³/mol. The van der Waals surface area contributed by atoms with Crippen LogP contribution in [0.25, 0.3) is 5.69 Å². The van der Waals surface area contributed by atoms with Gasteiger partial charge in [-0.05, 0) is 38.8 Å². The minimum absolute atomic E-state index is 0.0853. The van der Waals surface area contributed by atoms with Crippen molar-refractivity contribution in [3.05, 3.63) is 36.2 Å². The number of carbonyl (C=O) groups excluding carboxylic acids is 1. The number of hydrogen-bond donors (Lipinski definition) is 1. The largest absolute Gasteiger partial charge is 0.352 e. The molecule has 1 aromatic heterocycles. The van der Waals surface area contributed by atoms with Gasteiger partial charge in [0.1, 0.15) is 5.82 Å². The monoisotopic (exact) mass is 330 g/mol. The number of para-hydroxylation sites is 1. The fourth-order valence-corrected chi connectivity index (χ4v) is 3.82. The highest BCUT2D eigenvalue weighted by Crippen LogP contribution is 2.26. The van der Waals surface area contributed by atoms with E-state index < -0.39 is 0 Å². The lowest BCUT2D eigenvalue weighted by Gasteiger charge is -2.16. The maximum absolute atomic E-state index is 12.4. The first-order valence-corrected chi connectivity index (χ1v) is 8.97. The summed E-state index contributed by atoms with van der Waals surface area (Å²) in [4.78, 5) is 12.4. The van der Waals surface area contributed by atoms with Gasteiger partial charge >= 0.3 is 0 Å². The average molecular weight is 330 g/mol. The van der Waals surface area contributed by atoms with Gasteiger partial charge in [0.05, 0.1) is 5.25 Å². The van der Waals surface area contributed by atoms with Crippen LogP contribution < -0.4 is 5.32 Å². The van der Waals surface area contributed by atoms with Crippen molar-refractivity contribution in [3.8, 4) is 5.69 Å². The summed E-state index contributed by atoms with van der Waals surface area (Å²) in [6.45, 7) is 3.85. The minimum Gasteiger partial charge on any atom is -0.352 e. The number of aryl methyl sites for hydroxylation is 1. The molecule has 1 atom stereocenters. The number of hydrogen-bond acceptors (Lipinski definition) is 4. The molecule has 1 fully saturated rings. The smallest absolute Gasteiger partial charge is 0.233 e. The molecule has 23 heavy (non-hydrogen) atoms. The molecular formula is C17H22N4OS. The molecule has 0 spiro atoms. The highest BCUT2D eigenvalue weighted by molar-refractivity contribution is 8.00. The first kappa shape index (κ1) is 16.1. The Bertz CT molecular complexity index is 664. The van der Waals surface area contributed by atoms with Crippen LogP contribution in [0.4, 0.5) is 0 Å². The van der Waals surface area contributed by atoms with Crippen LogP contribution in [0.1, 0.15) is 38.4 Å². The normalized spacial score (nSPS) is 16.4. The Morgan fingerprint density at radius 2 is 1.96 bits per heavy atom. The number of nitrogens with zero attached hydrogens (tertiary/aromatic N) is 3. The van der Waals surface area contributed by atoms with Crippen molar-refractivity contribution >= 4 is 17.7 Å². The van der Waals surface area contributed by atoms with Crippen molar-refractivity contribution in [3.63, 3.8) is 0 Å². The third-order valence-corrected chi connectivity index (χ3v) is 5.21. The summed E-state index contributed by atoms with van der Waals surface area (Å²) in [6, 6.07) is 10.3. The molecule has 122 valence electrons. The molecular weight excluding hydrogens is 308 g/mol. The average Bonchev–Trinajstić information content (AvgIpc) is 3.18. The zero-order valence-electron chi connectivity index (χ0n) is 13.5. The van der Waals surface area contributed by atoms with E-state index in [1.54, 1.807) is 0 Å². The number of aromatic nitrogens is 3. The van der Waals surface area contributed by atoms with E-state index in [9.17, 15) is 4.79 Å². The van der Waals surface area contributed by atoms with Crippen molar-refractivity contribution in [2.75, 3.05) is 0 Å². The molecule has 0 saturated heterocycles. The third kappa shape index (κ3) is 3.75. The maximum atomic E-state index is 12.4. The van der Waals surface area contributed by atoms with Crippen molar-refractivity contribution < 1.29 is 4.79 Å². The van der Waals surface area contributed by atoms with Gasteiger partial charge in [-0.1, -0.05) is 42.8 Å². The van der Waals surface area contributed by atoms with Gasteiger partial charge in [-0.3, -0.25) is 9.36 Å². The molecule has 2 aromatic rings. The molecule has 1 heterocycles. The fourth-order valence-electron chi connectivity index (χ4n) is 2.89. The quantitative estimate of drug-likeness (QED) is 0.856. The second-order valence-electron chi connectivity index (χ2n) is 5.95. The molecule has 3 rings (SSSR count). The molecule has 1 aliphatic carbocycles. The second-order valence-corrected chi connectivity index (χ2v) is 7.26. The lowest BCUT2D eigenvalue weighted by molar-refractivity contribution is -0.120. The van der Waals surface area contributed by atoms with Crippen LogP contribution in [0, 0.1) is 6.92 Å². The summed E-state index contributed by atoms with van der Waals surface area (Å²) in [5.74, 6) is 0.907. The maximum Gasteiger partial charge on any atom is 0.233 e. The Morgan fingerprint density at radius 1 is 1.26 bits per heavy atom. The van der Waals surface area contributed by atoms with E-state index in [-0.39, 0.29) is 11.2 Å². The molecule has 1 amide bonds. The molecule has 1 aromatic carbocycles. The molecule has 1 aliphatic rings. The molecule has 5 nitrogen and oxygen atoms in total. The van der Waals surface area contributed by atoms with Gasteiger partial charge < -0.3 is 5.32 Å². The first-order valence-electron chi connectivity index (χ1n) is 8.09. The number of rotatable bonds is 5. The summed E-state index contributed by atoms with van der Waals surface area (Å²) in [6.07, 6.45) is 4.63. The Balaban J connectivity index is 1.71. The SMILES string of the molecule is Cc1nnc(SC(C)C(=O)NC2CCCC2)n1-c1ccccc1. The number of benzene rings is 1. The minimum atomic E-state index is -0.193. The van der Waals surface area contributed by atoms with Crippen LogP contribution in [-0.2, 0) is 4.79 Å². The van der Waals surface area contributed by atoms with Crippen LogP contribution in [0.5, 0.6) is 0 Å². The van der Waals surface area contributed by atoms with Gasteiger partial charge in [0.15, 0.2) is 5.16 Å². The summed E-state index contributed by atoms with van der Waals surface area (Å²) in [7, 11) is 0. The van der Waals surface area contributed by atoms with Crippen LogP contribution in [0.3, 0.4) is 0 Å². The number of amides is 1. The van der Waals surface area contributed by atoms with Gasteiger partial charge in [-0.25, -0.2) is 0 Å². The third-order valence-electron chi connectivity index (χ3n) is 4.16. The van der Waals surface area contributed by atoms with E-state index in [0.29, 0.717) is 6.04 Å². The van der Waals surface area contributed by atoms with Crippen molar-refractivity contribution in [2.45, 2.75) is 56.0 Å². The van der Waals surface area contributed by atoms with Gasteiger partial charge in [-0.15, -0.1) is 10.2 Å². The van der Waals surface area contributed by atoms with E-state index in [1.807, 2.05) is 48.7 Å². The highest BCUT2D eigenvalue weighted by atomic mass is 32.2. The molecule has 0 bridgehead atoms. The summed E-state index contributed by atoms with van der Waals surface area (Å²) in [5.41, 5.74) is 1.01. The van der Waals surface area contributed by atoms with Crippen LogP contribution >= 0.6 is 11.8 Å². The Morgan fingerprint density at radius 3 is 2.65 bits per heavy atom. The summed E-state index contributed by atoms with van der Waals surface area (Å²) >= 11 is 1.45. The van der Waals surface area contributed by atoms with Gasteiger partial charge in [0.25, 0.3) is 0 Å². The Hall–Kier alpha value is -1.82. The summed E-state index contributed by atoms with van der Waals surface area (Å²) in [5, 5.41) is 12.1. The summed E-state index contributed by atoms with van der Waals surface area (Å²) < 4.78 is 1.99. The van der Waals surface area contributed by atoms with Gasteiger partial charge in [-0.2, -0.15) is 0 Å². The first-order chi connectivity index (χ1) is 11.1. The van der Waals surface area contributed by atoms with Crippen molar-refractivity contribution in [1.82, 2.24) is 20.1 Å². The van der Waals surface area contributed by atoms with Crippen molar-refractivity contribution in [1.29, 1.82) is 0 Å². The van der Waals surface area contributed by atoms with E-state index in [1.165, 1.54) is 24.6 Å². The van der Waals surface area contributed by atoms with Crippen LogP contribution in [0.15, 0.2) is 35.5 Å². The molecule has 1 unspecified atom stereocenters. The fraction of sp³-hybridized carbons (Fsp3) is 0.471.